The van der Waals surface area contributed by atoms with E-state index in [1.807, 2.05) is 6.92 Å². The second-order valence-corrected chi connectivity index (χ2v) is 3.37. The van der Waals surface area contributed by atoms with Gasteiger partial charge in [0.2, 0.25) is 0 Å². The topological polar surface area (TPSA) is 72.5 Å². The summed E-state index contributed by atoms with van der Waals surface area (Å²) in [4.78, 5) is 10.8. The molecule has 0 bridgehead atoms. The number of ether oxygens (including phenoxy) is 1. The van der Waals surface area contributed by atoms with E-state index in [9.17, 15) is 4.79 Å². The molecule has 0 aliphatic carbocycles. The second kappa shape index (κ2) is 4.32. The van der Waals surface area contributed by atoms with Gasteiger partial charge in [-0.2, -0.15) is 0 Å². The summed E-state index contributed by atoms with van der Waals surface area (Å²) >= 11 is 3.15. The molecule has 0 fully saturated rings. The van der Waals surface area contributed by atoms with Crippen LogP contribution in [0.5, 0.6) is 5.75 Å². The Balaban J connectivity index is 3.26. The third kappa shape index (κ3) is 1.98. The van der Waals surface area contributed by atoms with E-state index in [1.54, 1.807) is 6.07 Å². The van der Waals surface area contributed by atoms with Crippen LogP contribution in [0, 0.1) is 0 Å². The van der Waals surface area contributed by atoms with Gasteiger partial charge < -0.3 is 15.6 Å². The summed E-state index contributed by atoms with van der Waals surface area (Å²) in [7, 11) is 0. The summed E-state index contributed by atoms with van der Waals surface area (Å²) < 4.78 is 5.60. The molecule has 0 radical (unpaired) electrons. The zero-order valence-corrected chi connectivity index (χ0v) is 9.17. The Labute approximate surface area is 89.8 Å². The lowest BCUT2D eigenvalue weighted by molar-refractivity contribution is 0.0696. The SMILES string of the molecule is CCOc1ccc(N)c(C(=O)O)c1Br. The Kier molecular flexibility index (Phi) is 3.35. The van der Waals surface area contributed by atoms with E-state index in [0.717, 1.165) is 0 Å². The number of anilines is 1. The molecular formula is C9H10BrNO3. The molecule has 0 saturated carbocycles. The summed E-state index contributed by atoms with van der Waals surface area (Å²) in [6, 6.07) is 3.15. The summed E-state index contributed by atoms with van der Waals surface area (Å²) in [5.41, 5.74) is 5.77. The van der Waals surface area contributed by atoms with Crippen LogP contribution < -0.4 is 10.5 Å². The number of halogens is 1. The molecule has 1 aromatic carbocycles. The normalized spacial score (nSPS) is 9.86. The number of hydrogen-bond acceptors (Lipinski definition) is 3. The zero-order chi connectivity index (χ0) is 10.7. The molecular weight excluding hydrogens is 250 g/mol. The van der Waals surface area contributed by atoms with Gasteiger partial charge in [-0.25, -0.2) is 4.79 Å². The number of nitrogens with two attached hydrogens (primary N) is 1. The molecule has 0 aromatic heterocycles. The van der Waals surface area contributed by atoms with Crippen LogP contribution in [0.3, 0.4) is 0 Å². The van der Waals surface area contributed by atoms with Crippen molar-refractivity contribution in [1.82, 2.24) is 0 Å². The molecule has 0 atom stereocenters. The highest BCUT2D eigenvalue weighted by molar-refractivity contribution is 9.10. The van der Waals surface area contributed by atoms with E-state index in [4.69, 9.17) is 15.6 Å². The number of rotatable bonds is 3. The van der Waals surface area contributed by atoms with E-state index >= 15 is 0 Å². The Bertz CT molecular complexity index is 365. The maximum atomic E-state index is 10.8. The van der Waals surface area contributed by atoms with Crippen LogP contribution in [0.1, 0.15) is 17.3 Å². The molecule has 0 spiro atoms. The van der Waals surface area contributed by atoms with Crippen LogP contribution in [0.15, 0.2) is 16.6 Å². The average molecular weight is 260 g/mol. The van der Waals surface area contributed by atoms with Gasteiger partial charge in [0.1, 0.15) is 11.3 Å². The Morgan fingerprint density at radius 2 is 2.29 bits per heavy atom. The van der Waals surface area contributed by atoms with Crippen molar-refractivity contribution in [3.63, 3.8) is 0 Å². The summed E-state index contributed by atoms with van der Waals surface area (Å²) in [5, 5.41) is 8.87. The lowest BCUT2D eigenvalue weighted by atomic mass is 10.2. The highest BCUT2D eigenvalue weighted by atomic mass is 79.9. The Morgan fingerprint density at radius 3 is 2.79 bits per heavy atom. The van der Waals surface area contributed by atoms with Crippen LogP contribution in [0.2, 0.25) is 0 Å². The quantitative estimate of drug-likeness (QED) is 0.816. The molecule has 5 heteroatoms. The molecule has 0 aliphatic rings. The van der Waals surface area contributed by atoms with Crippen LogP contribution in [-0.2, 0) is 0 Å². The van der Waals surface area contributed by atoms with Crippen molar-refractivity contribution in [2.75, 3.05) is 12.3 Å². The van der Waals surface area contributed by atoms with Gasteiger partial charge in [-0.15, -0.1) is 0 Å². The zero-order valence-electron chi connectivity index (χ0n) is 7.58. The molecule has 0 aliphatic heterocycles. The van der Waals surface area contributed by atoms with Gasteiger partial charge in [-0.1, -0.05) is 0 Å². The fraction of sp³-hybridized carbons (Fsp3) is 0.222. The number of benzene rings is 1. The minimum Gasteiger partial charge on any atom is -0.493 e. The van der Waals surface area contributed by atoms with Gasteiger partial charge in [-0.3, -0.25) is 0 Å². The van der Waals surface area contributed by atoms with E-state index < -0.39 is 5.97 Å². The smallest absolute Gasteiger partial charge is 0.339 e. The molecule has 1 aromatic rings. The molecule has 0 unspecified atom stereocenters. The number of aromatic carboxylic acids is 1. The van der Waals surface area contributed by atoms with Gasteiger partial charge in [0.15, 0.2) is 0 Å². The van der Waals surface area contributed by atoms with Crippen molar-refractivity contribution in [2.24, 2.45) is 0 Å². The lowest BCUT2D eigenvalue weighted by Gasteiger charge is -2.09. The number of carboxylic acids is 1. The predicted octanol–water partition coefficient (Wildman–Crippen LogP) is 2.13. The van der Waals surface area contributed by atoms with E-state index in [2.05, 4.69) is 15.9 Å². The summed E-state index contributed by atoms with van der Waals surface area (Å²) in [6.07, 6.45) is 0. The third-order valence-corrected chi connectivity index (χ3v) is 2.44. The van der Waals surface area contributed by atoms with Gasteiger partial charge in [0, 0.05) is 5.69 Å². The Hall–Kier alpha value is -1.23. The predicted molar refractivity (Wildman–Crippen MR) is 56.7 cm³/mol. The summed E-state index contributed by atoms with van der Waals surface area (Å²) in [6.45, 7) is 2.30. The fourth-order valence-corrected chi connectivity index (χ4v) is 1.70. The highest BCUT2D eigenvalue weighted by Gasteiger charge is 2.16. The number of carbonyl (C=O) groups is 1. The first-order valence-corrected chi connectivity index (χ1v) is 4.81. The van der Waals surface area contributed by atoms with Crippen molar-refractivity contribution >= 4 is 27.6 Å². The number of carboxylic acid groups (broad SMARTS) is 1. The van der Waals surface area contributed by atoms with Crippen LogP contribution in [0.25, 0.3) is 0 Å². The largest absolute Gasteiger partial charge is 0.493 e. The Morgan fingerprint density at radius 1 is 1.64 bits per heavy atom. The molecule has 0 saturated heterocycles. The molecule has 4 nitrogen and oxygen atoms in total. The van der Waals surface area contributed by atoms with Crippen molar-refractivity contribution in [3.8, 4) is 5.75 Å². The van der Waals surface area contributed by atoms with Crippen molar-refractivity contribution < 1.29 is 14.6 Å². The minimum atomic E-state index is -1.07. The first-order chi connectivity index (χ1) is 6.57. The average Bonchev–Trinajstić information content (AvgIpc) is 2.10. The maximum absolute atomic E-state index is 10.8. The lowest BCUT2D eigenvalue weighted by Crippen LogP contribution is -2.05. The van der Waals surface area contributed by atoms with Crippen LogP contribution >= 0.6 is 15.9 Å². The first-order valence-electron chi connectivity index (χ1n) is 4.02. The van der Waals surface area contributed by atoms with Crippen molar-refractivity contribution in [2.45, 2.75) is 6.92 Å². The van der Waals surface area contributed by atoms with Crippen LogP contribution in [-0.4, -0.2) is 17.7 Å². The molecule has 1 rings (SSSR count). The molecule has 76 valence electrons. The van der Waals surface area contributed by atoms with Gasteiger partial charge >= 0.3 is 5.97 Å². The molecule has 0 heterocycles. The molecule has 3 N–H and O–H groups in total. The highest BCUT2D eigenvalue weighted by Crippen LogP contribution is 2.32. The molecule has 0 amide bonds. The number of hydrogen-bond donors (Lipinski definition) is 2. The maximum Gasteiger partial charge on any atom is 0.339 e. The third-order valence-electron chi connectivity index (χ3n) is 1.65. The van der Waals surface area contributed by atoms with E-state index in [-0.39, 0.29) is 11.3 Å². The first kappa shape index (κ1) is 10.8. The van der Waals surface area contributed by atoms with Gasteiger partial charge in [0.05, 0.1) is 11.1 Å². The standard InChI is InChI=1S/C9H10BrNO3/c1-2-14-6-4-3-5(11)7(8(6)10)9(12)13/h3-4H,2,11H2,1H3,(H,12,13). The van der Waals surface area contributed by atoms with Crippen molar-refractivity contribution in [1.29, 1.82) is 0 Å². The van der Waals surface area contributed by atoms with E-state index in [0.29, 0.717) is 16.8 Å². The van der Waals surface area contributed by atoms with Crippen LogP contribution in [0.4, 0.5) is 5.69 Å². The van der Waals surface area contributed by atoms with E-state index in [1.165, 1.54) is 6.07 Å². The summed E-state index contributed by atoms with van der Waals surface area (Å²) in [5.74, 6) is -0.588. The monoisotopic (exact) mass is 259 g/mol. The fourth-order valence-electron chi connectivity index (χ4n) is 1.06. The number of nitrogen functional groups attached to an aromatic ring is 1. The minimum absolute atomic E-state index is 0.0379. The van der Waals surface area contributed by atoms with Gasteiger partial charge in [0.25, 0.3) is 0 Å². The van der Waals surface area contributed by atoms with Gasteiger partial charge in [-0.05, 0) is 35.0 Å². The molecule has 14 heavy (non-hydrogen) atoms. The van der Waals surface area contributed by atoms with Crippen molar-refractivity contribution in [3.05, 3.63) is 22.2 Å². The second-order valence-electron chi connectivity index (χ2n) is 2.58.